The van der Waals surface area contributed by atoms with E-state index in [2.05, 4.69) is 53.1 Å². The van der Waals surface area contributed by atoms with Crippen LogP contribution in [-0.4, -0.2) is 5.91 Å². The van der Waals surface area contributed by atoms with Gasteiger partial charge in [-0.15, -0.1) is 0 Å². The predicted molar refractivity (Wildman–Crippen MR) is 88.9 cm³/mol. The number of carbonyl (C=O) groups is 1. The summed E-state index contributed by atoms with van der Waals surface area (Å²) >= 11 is 16.1. The Labute approximate surface area is 140 Å². The highest BCUT2D eigenvalue weighted by atomic mass is 79.9. The third kappa shape index (κ3) is 3.60. The van der Waals surface area contributed by atoms with Crippen LogP contribution in [0.5, 0.6) is 0 Å². The van der Waals surface area contributed by atoms with E-state index in [0.29, 0.717) is 16.3 Å². The van der Waals surface area contributed by atoms with Gasteiger partial charge in [-0.1, -0.05) is 33.6 Å². The lowest BCUT2D eigenvalue weighted by molar-refractivity contribution is 0.102. The summed E-state index contributed by atoms with van der Waals surface area (Å²) in [5.74, 6) is -0.265. The van der Waals surface area contributed by atoms with Crippen molar-refractivity contribution in [1.29, 1.82) is 0 Å². The molecule has 0 saturated carbocycles. The van der Waals surface area contributed by atoms with E-state index in [-0.39, 0.29) is 5.91 Å². The Balaban J connectivity index is 2.34. The van der Waals surface area contributed by atoms with Crippen molar-refractivity contribution < 1.29 is 4.79 Å². The van der Waals surface area contributed by atoms with E-state index in [0.717, 1.165) is 13.4 Å². The molecule has 0 heterocycles. The molecule has 0 bridgehead atoms. The van der Waals surface area contributed by atoms with Gasteiger partial charge in [-0.2, -0.15) is 0 Å². The first-order valence-corrected chi connectivity index (χ1v) is 7.95. The summed E-state index contributed by atoms with van der Waals surface area (Å²) in [5, 5.41) is 3.23. The smallest absolute Gasteiger partial charge is 0.257 e. The average Bonchev–Trinajstić information content (AvgIpc) is 2.37. The molecule has 0 radical (unpaired) electrons. The highest BCUT2D eigenvalue weighted by Gasteiger charge is 2.14. The van der Waals surface area contributed by atoms with Crippen LogP contribution in [0.15, 0.2) is 49.8 Å². The van der Waals surface area contributed by atoms with Gasteiger partial charge in [-0.05, 0) is 62.2 Å². The number of hydrogen-bond donors (Lipinski definition) is 1. The first-order valence-electron chi connectivity index (χ1n) is 5.19. The van der Waals surface area contributed by atoms with Crippen molar-refractivity contribution in [2.75, 3.05) is 5.32 Å². The molecule has 98 valence electrons. The maximum Gasteiger partial charge on any atom is 0.257 e. The van der Waals surface area contributed by atoms with Gasteiger partial charge < -0.3 is 5.32 Å². The molecule has 2 rings (SSSR count). The minimum atomic E-state index is -0.265. The van der Waals surface area contributed by atoms with Crippen molar-refractivity contribution in [3.63, 3.8) is 0 Å². The van der Waals surface area contributed by atoms with E-state index in [4.69, 9.17) is 11.6 Å². The zero-order valence-electron chi connectivity index (χ0n) is 9.38. The predicted octanol–water partition coefficient (Wildman–Crippen LogP) is 5.88. The molecule has 2 aromatic rings. The number of para-hydroxylation sites is 1. The van der Waals surface area contributed by atoms with E-state index in [1.54, 1.807) is 18.2 Å². The third-order valence-corrected chi connectivity index (χ3v) is 4.52. The van der Waals surface area contributed by atoms with Gasteiger partial charge in [-0.3, -0.25) is 4.79 Å². The molecule has 0 fully saturated rings. The molecule has 1 N–H and O–H groups in total. The minimum absolute atomic E-state index is 0.265. The molecule has 1 amide bonds. The quantitative estimate of drug-likeness (QED) is 0.586. The van der Waals surface area contributed by atoms with E-state index in [9.17, 15) is 4.79 Å². The zero-order chi connectivity index (χ0) is 14.0. The molecule has 0 aliphatic heterocycles. The van der Waals surface area contributed by atoms with Crippen LogP contribution < -0.4 is 5.32 Å². The second-order valence-electron chi connectivity index (χ2n) is 3.67. The van der Waals surface area contributed by atoms with E-state index >= 15 is 0 Å². The van der Waals surface area contributed by atoms with Gasteiger partial charge >= 0.3 is 0 Å². The molecule has 0 aliphatic carbocycles. The van der Waals surface area contributed by atoms with Gasteiger partial charge in [0.1, 0.15) is 0 Å². The van der Waals surface area contributed by atoms with Crippen LogP contribution in [-0.2, 0) is 0 Å². The average molecular weight is 468 g/mol. The van der Waals surface area contributed by atoms with Crippen molar-refractivity contribution in [1.82, 2.24) is 0 Å². The number of rotatable bonds is 2. The van der Waals surface area contributed by atoms with Crippen LogP contribution in [0, 0.1) is 0 Å². The molecule has 0 aromatic heterocycles. The lowest BCUT2D eigenvalue weighted by atomic mass is 10.2. The van der Waals surface area contributed by atoms with Crippen molar-refractivity contribution >= 4 is 71.0 Å². The summed E-state index contributed by atoms with van der Waals surface area (Å²) in [4.78, 5) is 12.2. The van der Waals surface area contributed by atoms with Gasteiger partial charge in [0.25, 0.3) is 5.91 Å². The van der Waals surface area contributed by atoms with Gasteiger partial charge in [0.15, 0.2) is 0 Å². The number of benzene rings is 2. The fraction of sp³-hybridized carbons (Fsp3) is 0. The number of carbonyl (C=O) groups excluding carboxylic acids is 1. The zero-order valence-corrected chi connectivity index (χ0v) is 14.9. The van der Waals surface area contributed by atoms with Crippen molar-refractivity contribution in [2.45, 2.75) is 0 Å². The number of amides is 1. The molecule has 2 nitrogen and oxygen atoms in total. The number of anilines is 1. The molecule has 19 heavy (non-hydrogen) atoms. The van der Waals surface area contributed by atoms with Crippen molar-refractivity contribution in [3.8, 4) is 0 Å². The molecule has 0 aliphatic rings. The summed E-state index contributed by atoms with van der Waals surface area (Å²) in [6.07, 6.45) is 0. The topological polar surface area (TPSA) is 29.1 Å². The first-order chi connectivity index (χ1) is 8.99. The molecule has 0 atom stereocenters. The SMILES string of the molecule is O=C(Nc1c(Br)cccc1Br)c1cc(Br)ccc1Cl. The molecular weight excluding hydrogens is 461 g/mol. The van der Waals surface area contributed by atoms with Gasteiger partial charge in [0.2, 0.25) is 0 Å². The highest BCUT2D eigenvalue weighted by molar-refractivity contribution is 9.11. The summed E-state index contributed by atoms with van der Waals surface area (Å²) in [7, 11) is 0. The first kappa shape index (κ1) is 15.0. The van der Waals surface area contributed by atoms with Gasteiger partial charge in [0.05, 0.1) is 16.3 Å². The molecular formula is C13H7Br3ClNO. The number of hydrogen-bond acceptors (Lipinski definition) is 1. The minimum Gasteiger partial charge on any atom is -0.320 e. The lowest BCUT2D eigenvalue weighted by Gasteiger charge is -2.10. The Bertz CT molecular complexity index is 626. The van der Waals surface area contributed by atoms with Crippen LogP contribution >= 0.6 is 59.4 Å². The van der Waals surface area contributed by atoms with E-state index in [1.165, 1.54) is 0 Å². The maximum absolute atomic E-state index is 12.2. The molecule has 0 unspecified atom stereocenters. The Morgan fingerprint density at radius 3 is 2.32 bits per heavy atom. The summed E-state index contributed by atoms with van der Waals surface area (Å²) in [6, 6.07) is 10.7. The van der Waals surface area contributed by atoms with E-state index < -0.39 is 0 Å². The second-order valence-corrected chi connectivity index (χ2v) is 6.71. The summed E-state index contributed by atoms with van der Waals surface area (Å²) in [5.41, 5.74) is 1.09. The fourth-order valence-corrected chi connectivity index (χ4v) is 3.23. The van der Waals surface area contributed by atoms with Crippen LogP contribution in [0.1, 0.15) is 10.4 Å². The molecule has 0 saturated heterocycles. The number of nitrogens with one attached hydrogen (secondary N) is 1. The fourth-order valence-electron chi connectivity index (χ4n) is 1.47. The summed E-state index contributed by atoms with van der Waals surface area (Å²) in [6.45, 7) is 0. The van der Waals surface area contributed by atoms with Crippen LogP contribution in [0.25, 0.3) is 0 Å². The second kappa shape index (κ2) is 6.39. The molecule has 0 spiro atoms. The van der Waals surface area contributed by atoms with Crippen LogP contribution in [0.4, 0.5) is 5.69 Å². The third-order valence-electron chi connectivity index (χ3n) is 2.37. The lowest BCUT2D eigenvalue weighted by Crippen LogP contribution is -2.13. The Hall–Kier alpha value is -0.360. The van der Waals surface area contributed by atoms with Gasteiger partial charge in [-0.25, -0.2) is 0 Å². The normalized spacial score (nSPS) is 10.3. The van der Waals surface area contributed by atoms with Gasteiger partial charge in [0, 0.05) is 13.4 Å². The Morgan fingerprint density at radius 1 is 1.05 bits per heavy atom. The Morgan fingerprint density at radius 2 is 1.68 bits per heavy atom. The Kier molecular flexibility index (Phi) is 5.06. The summed E-state index contributed by atoms with van der Waals surface area (Å²) < 4.78 is 2.39. The highest BCUT2D eigenvalue weighted by Crippen LogP contribution is 2.31. The van der Waals surface area contributed by atoms with Crippen molar-refractivity contribution in [3.05, 3.63) is 60.4 Å². The monoisotopic (exact) mass is 465 g/mol. The van der Waals surface area contributed by atoms with Crippen molar-refractivity contribution in [2.24, 2.45) is 0 Å². The van der Waals surface area contributed by atoms with Crippen LogP contribution in [0.3, 0.4) is 0 Å². The van der Waals surface area contributed by atoms with E-state index in [1.807, 2.05) is 18.2 Å². The molecule has 6 heteroatoms. The standard InChI is InChI=1S/C13H7Br3ClNO/c14-7-4-5-11(17)8(6-7)13(19)18-12-9(15)2-1-3-10(12)16/h1-6H,(H,18,19). The van der Waals surface area contributed by atoms with Crippen LogP contribution in [0.2, 0.25) is 5.02 Å². The maximum atomic E-state index is 12.2. The molecule has 2 aromatic carbocycles. The largest absolute Gasteiger partial charge is 0.320 e. The number of halogens is 4.